The van der Waals surface area contributed by atoms with Crippen molar-refractivity contribution in [2.75, 3.05) is 10.2 Å². The Morgan fingerprint density at radius 2 is 2.08 bits per heavy atom. The number of carbonyl (C=O) groups excluding carboxylic acids is 2. The SMILES string of the molecule is O=C1CC[C@@]2(C(=O)Nc3ccc(Br)cc3Cl)Sc3ccccc3N12. The molecule has 2 amide bonds. The van der Waals surface area contributed by atoms with Crippen molar-refractivity contribution in [1.82, 2.24) is 0 Å². The molecule has 2 aromatic carbocycles. The first-order valence-corrected chi connectivity index (χ1v) is 9.38. The topological polar surface area (TPSA) is 49.4 Å². The van der Waals surface area contributed by atoms with Crippen LogP contribution in [0.4, 0.5) is 11.4 Å². The number of hydrogen-bond acceptors (Lipinski definition) is 3. The molecule has 0 saturated carbocycles. The molecule has 2 aromatic rings. The van der Waals surface area contributed by atoms with E-state index in [1.165, 1.54) is 11.8 Å². The van der Waals surface area contributed by atoms with Crippen molar-refractivity contribution < 1.29 is 9.59 Å². The predicted molar refractivity (Wildman–Crippen MR) is 99.5 cm³/mol. The van der Waals surface area contributed by atoms with Crippen molar-refractivity contribution in [3.8, 4) is 0 Å². The van der Waals surface area contributed by atoms with Gasteiger partial charge in [-0.3, -0.25) is 14.5 Å². The molecule has 24 heavy (non-hydrogen) atoms. The Bertz CT molecular complexity index is 875. The Hall–Kier alpha value is -1.50. The van der Waals surface area contributed by atoms with Gasteiger partial charge in [0.2, 0.25) is 5.91 Å². The largest absolute Gasteiger partial charge is 0.322 e. The highest BCUT2D eigenvalue weighted by Gasteiger charge is 2.57. The van der Waals surface area contributed by atoms with Crippen LogP contribution in [-0.2, 0) is 9.59 Å². The smallest absolute Gasteiger partial charge is 0.261 e. The van der Waals surface area contributed by atoms with Crippen LogP contribution >= 0.6 is 39.3 Å². The molecule has 0 unspecified atom stereocenters. The lowest BCUT2D eigenvalue weighted by Gasteiger charge is -2.29. The molecule has 2 aliphatic heterocycles. The van der Waals surface area contributed by atoms with Crippen LogP contribution in [0.5, 0.6) is 0 Å². The first-order chi connectivity index (χ1) is 11.5. The van der Waals surface area contributed by atoms with Crippen molar-refractivity contribution >= 4 is 62.5 Å². The summed E-state index contributed by atoms with van der Waals surface area (Å²) in [6, 6.07) is 12.9. The maximum absolute atomic E-state index is 13.1. The van der Waals surface area contributed by atoms with E-state index in [-0.39, 0.29) is 11.8 Å². The number of fused-ring (bicyclic) bond motifs is 3. The number of amides is 2. The number of nitrogens with zero attached hydrogens (tertiary/aromatic N) is 1. The first-order valence-electron chi connectivity index (χ1n) is 7.39. The number of carbonyl (C=O) groups is 2. The highest BCUT2D eigenvalue weighted by Crippen LogP contribution is 2.56. The highest BCUT2D eigenvalue weighted by atomic mass is 79.9. The van der Waals surface area contributed by atoms with Gasteiger partial charge < -0.3 is 5.32 Å². The number of halogens is 2. The molecule has 0 aliphatic carbocycles. The fourth-order valence-electron chi connectivity index (χ4n) is 3.11. The lowest BCUT2D eigenvalue weighted by Crippen LogP contribution is -2.49. The zero-order chi connectivity index (χ0) is 16.9. The molecule has 2 heterocycles. The normalized spacial score (nSPS) is 21.6. The minimum absolute atomic E-state index is 0.0236. The number of para-hydroxylation sites is 1. The summed E-state index contributed by atoms with van der Waals surface area (Å²) in [6.45, 7) is 0. The zero-order valence-electron chi connectivity index (χ0n) is 12.4. The molecule has 0 bridgehead atoms. The molecule has 4 nitrogen and oxygen atoms in total. The van der Waals surface area contributed by atoms with Crippen LogP contribution in [0.2, 0.25) is 5.02 Å². The Kier molecular flexibility index (Phi) is 3.86. The number of benzene rings is 2. The summed E-state index contributed by atoms with van der Waals surface area (Å²) in [4.78, 5) is 27.1. The second-order valence-electron chi connectivity index (χ2n) is 5.66. The van der Waals surface area contributed by atoms with Gasteiger partial charge in [0, 0.05) is 15.8 Å². The van der Waals surface area contributed by atoms with Crippen LogP contribution in [0, 0.1) is 0 Å². The van der Waals surface area contributed by atoms with Gasteiger partial charge in [-0.05, 0) is 36.8 Å². The van der Waals surface area contributed by atoms with Gasteiger partial charge in [0.15, 0.2) is 4.87 Å². The van der Waals surface area contributed by atoms with Crippen LogP contribution < -0.4 is 10.2 Å². The van der Waals surface area contributed by atoms with Crippen molar-refractivity contribution in [2.24, 2.45) is 0 Å². The fraction of sp³-hybridized carbons (Fsp3) is 0.176. The molecular formula is C17H12BrClN2O2S. The van der Waals surface area contributed by atoms with Gasteiger partial charge in [0.25, 0.3) is 5.91 Å². The summed E-state index contributed by atoms with van der Waals surface area (Å²) in [7, 11) is 0. The van der Waals surface area contributed by atoms with Gasteiger partial charge in [-0.15, -0.1) is 0 Å². The van der Waals surface area contributed by atoms with Gasteiger partial charge in [-0.1, -0.05) is 51.4 Å². The van der Waals surface area contributed by atoms with Crippen molar-refractivity contribution in [1.29, 1.82) is 0 Å². The van der Waals surface area contributed by atoms with E-state index >= 15 is 0 Å². The van der Waals surface area contributed by atoms with Crippen molar-refractivity contribution in [3.63, 3.8) is 0 Å². The minimum atomic E-state index is -0.933. The van der Waals surface area contributed by atoms with Crippen LogP contribution in [0.3, 0.4) is 0 Å². The molecule has 1 saturated heterocycles. The van der Waals surface area contributed by atoms with E-state index in [1.54, 1.807) is 17.0 Å². The lowest BCUT2D eigenvalue weighted by atomic mass is 10.1. The summed E-state index contributed by atoms with van der Waals surface area (Å²) in [5.41, 5.74) is 1.34. The molecule has 0 aromatic heterocycles. The lowest BCUT2D eigenvalue weighted by molar-refractivity contribution is -0.121. The first kappa shape index (κ1) is 16.0. The Labute approximate surface area is 156 Å². The molecule has 0 spiro atoms. The summed E-state index contributed by atoms with van der Waals surface area (Å²) in [6.07, 6.45) is 0.841. The van der Waals surface area contributed by atoms with Gasteiger partial charge in [-0.25, -0.2) is 0 Å². The molecule has 7 heteroatoms. The van der Waals surface area contributed by atoms with Crippen LogP contribution in [0.25, 0.3) is 0 Å². The van der Waals surface area contributed by atoms with E-state index in [4.69, 9.17) is 11.6 Å². The van der Waals surface area contributed by atoms with Gasteiger partial charge in [0.05, 0.1) is 16.4 Å². The Morgan fingerprint density at radius 1 is 1.29 bits per heavy atom. The van der Waals surface area contributed by atoms with Crippen molar-refractivity contribution in [3.05, 3.63) is 52.0 Å². The third-order valence-electron chi connectivity index (χ3n) is 4.21. The quantitative estimate of drug-likeness (QED) is 0.763. The van der Waals surface area contributed by atoms with Crippen molar-refractivity contribution in [2.45, 2.75) is 22.6 Å². The van der Waals surface area contributed by atoms with E-state index in [0.29, 0.717) is 23.6 Å². The summed E-state index contributed by atoms with van der Waals surface area (Å²) < 4.78 is 0.837. The second-order valence-corrected chi connectivity index (χ2v) is 8.30. The number of thioether (sulfide) groups is 1. The Balaban J connectivity index is 1.70. The molecule has 1 fully saturated rings. The maximum atomic E-state index is 13.1. The van der Waals surface area contributed by atoms with Gasteiger partial charge in [0.1, 0.15) is 0 Å². The van der Waals surface area contributed by atoms with Gasteiger partial charge in [-0.2, -0.15) is 0 Å². The summed E-state index contributed by atoms with van der Waals surface area (Å²) in [5.74, 6) is -0.247. The van der Waals surface area contributed by atoms with E-state index in [0.717, 1.165) is 15.1 Å². The molecule has 0 radical (unpaired) electrons. The standard InChI is InChI=1S/C17H12BrClN2O2S/c18-10-5-6-12(11(19)9-10)20-16(23)17-8-7-15(22)21(17)13-3-1-2-4-14(13)24-17/h1-6,9H,7-8H2,(H,20,23)/t17-/m0/s1. The highest BCUT2D eigenvalue weighted by molar-refractivity contribution is 9.10. The molecule has 4 rings (SSSR count). The molecule has 2 aliphatic rings. The van der Waals surface area contributed by atoms with Crippen LogP contribution in [-0.4, -0.2) is 16.7 Å². The number of rotatable bonds is 2. The maximum Gasteiger partial charge on any atom is 0.261 e. The Morgan fingerprint density at radius 3 is 2.88 bits per heavy atom. The molecule has 1 atom stereocenters. The minimum Gasteiger partial charge on any atom is -0.322 e. The number of hydrogen-bond donors (Lipinski definition) is 1. The van der Waals surface area contributed by atoms with E-state index < -0.39 is 4.87 Å². The zero-order valence-corrected chi connectivity index (χ0v) is 15.5. The fourth-order valence-corrected chi connectivity index (χ4v) is 5.24. The van der Waals surface area contributed by atoms with Crippen LogP contribution in [0.1, 0.15) is 12.8 Å². The monoisotopic (exact) mass is 422 g/mol. The predicted octanol–water partition coefficient (Wildman–Crippen LogP) is 4.67. The number of nitrogens with one attached hydrogen (secondary N) is 1. The van der Waals surface area contributed by atoms with Crippen LogP contribution in [0.15, 0.2) is 51.8 Å². The average Bonchev–Trinajstić information content (AvgIpc) is 3.06. The third kappa shape index (κ3) is 2.36. The number of anilines is 2. The molecule has 122 valence electrons. The molecular weight excluding hydrogens is 412 g/mol. The molecule has 1 N–H and O–H groups in total. The van der Waals surface area contributed by atoms with E-state index in [9.17, 15) is 9.59 Å². The van der Waals surface area contributed by atoms with E-state index in [2.05, 4.69) is 21.2 Å². The average molecular weight is 424 g/mol. The third-order valence-corrected chi connectivity index (χ3v) is 6.49. The van der Waals surface area contributed by atoms with Gasteiger partial charge >= 0.3 is 0 Å². The summed E-state index contributed by atoms with van der Waals surface area (Å²) in [5, 5.41) is 3.34. The summed E-state index contributed by atoms with van der Waals surface area (Å²) >= 11 is 11.0. The second kappa shape index (κ2) is 5.79. The van der Waals surface area contributed by atoms with E-state index in [1.807, 2.05) is 30.3 Å².